The molecule has 2 N–H and O–H groups in total. The van der Waals surface area contributed by atoms with Crippen molar-refractivity contribution in [3.63, 3.8) is 0 Å². The van der Waals surface area contributed by atoms with E-state index < -0.39 is 33.7 Å². The van der Waals surface area contributed by atoms with Gasteiger partial charge in [-0.3, -0.25) is 9.59 Å². The number of carbonyl (C=O) groups excluding carboxylic acids is 3. The molecule has 3 aromatic rings. The van der Waals surface area contributed by atoms with Crippen LogP contribution in [0.2, 0.25) is 4.34 Å². The molecule has 1 aliphatic rings. The SMILES string of the molecule is COOSc1ccc2c(c1)C(=O)N(c1ccc(NC(=O)NS(=O)(=O)c3ccc(Cl)s3)cc1F)C(=O)C2. The Morgan fingerprint density at radius 2 is 1.94 bits per heavy atom. The molecule has 0 radical (unpaired) electrons. The van der Waals surface area contributed by atoms with E-state index in [0.717, 1.165) is 35.5 Å². The number of carbonyl (C=O) groups is 3. The molecule has 0 atom stereocenters. The molecule has 0 aliphatic carbocycles. The number of rotatable bonds is 7. The zero-order valence-corrected chi connectivity index (χ0v) is 21.3. The van der Waals surface area contributed by atoms with Crippen LogP contribution in [-0.2, 0) is 30.5 Å². The molecule has 0 saturated carbocycles. The maximum atomic E-state index is 15.0. The lowest BCUT2D eigenvalue weighted by Crippen LogP contribution is -2.43. The second-order valence-electron chi connectivity index (χ2n) is 7.13. The van der Waals surface area contributed by atoms with Crippen LogP contribution in [0.25, 0.3) is 0 Å². The number of halogens is 2. The number of amides is 4. The quantitative estimate of drug-likeness (QED) is 0.185. The number of nitrogens with zero attached hydrogens (tertiary/aromatic N) is 1. The van der Waals surface area contributed by atoms with Gasteiger partial charge in [0.15, 0.2) is 0 Å². The highest BCUT2D eigenvalue weighted by molar-refractivity contribution is 7.94. The van der Waals surface area contributed by atoms with E-state index in [2.05, 4.69) is 10.2 Å². The Hall–Kier alpha value is -3.01. The molecule has 0 bridgehead atoms. The van der Waals surface area contributed by atoms with Crippen molar-refractivity contribution in [3.05, 3.63) is 69.8 Å². The Labute approximate surface area is 217 Å². The molecular weight excluding hydrogens is 557 g/mol. The average Bonchev–Trinajstić information content (AvgIpc) is 3.26. The fraction of sp³-hybridized carbons (Fsp3) is 0.0952. The second-order valence-corrected chi connectivity index (χ2v) is 11.5. The lowest BCUT2D eigenvalue weighted by molar-refractivity contribution is -0.160. The number of nitrogens with one attached hydrogen (secondary N) is 2. The van der Waals surface area contributed by atoms with Crippen molar-refractivity contribution in [2.75, 3.05) is 17.3 Å². The van der Waals surface area contributed by atoms with Crippen LogP contribution < -0.4 is 14.9 Å². The third-order valence-electron chi connectivity index (χ3n) is 4.79. The number of sulfonamides is 1. The topological polar surface area (TPSA) is 131 Å². The summed E-state index contributed by atoms with van der Waals surface area (Å²) in [6, 6.07) is 9.41. The first-order chi connectivity index (χ1) is 17.1. The molecule has 1 aliphatic heterocycles. The van der Waals surface area contributed by atoms with Gasteiger partial charge in [-0.1, -0.05) is 17.7 Å². The smallest absolute Gasteiger partial charge is 0.307 e. The number of anilines is 2. The Balaban J connectivity index is 1.52. The van der Waals surface area contributed by atoms with Crippen LogP contribution in [0.15, 0.2) is 57.6 Å². The van der Waals surface area contributed by atoms with Crippen molar-refractivity contribution in [3.8, 4) is 0 Å². The predicted molar refractivity (Wildman–Crippen MR) is 131 cm³/mol. The summed E-state index contributed by atoms with van der Waals surface area (Å²) in [4.78, 5) is 43.7. The van der Waals surface area contributed by atoms with Crippen LogP contribution in [0.3, 0.4) is 0 Å². The van der Waals surface area contributed by atoms with E-state index in [1.807, 2.05) is 0 Å². The summed E-state index contributed by atoms with van der Waals surface area (Å²) < 4.78 is 46.1. The Kier molecular flexibility index (Phi) is 7.63. The molecule has 0 fully saturated rings. The van der Waals surface area contributed by atoms with Crippen molar-refractivity contribution in [1.82, 2.24) is 4.72 Å². The number of benzene rings is 2. The number of imide groups is 1. The predicted octanol–water partition coefficient (Wildman–Crippen LogP) is 4.37. The zero-order chi connectivity index (χ0) is 26.0. The molecule has 0 spiro atoms. The van der Waals surface area contributed by atoms with Gasteiger partial charge in [0.1, 0.15) is 10.0 Å². The number of hydrogen-bond donors (Lipinski definition) is 2. The van der Waals surface area contributed by atoms with Crippen LogP contribution in [0.5, 0.6) is 0 Å². The third kappa shape index (κ3) is 5.53. The van der Waals surface area contributed by atoms with E-state index >= 15 is 0 Å². The van der Waals surface area contributed by atoms with Crippen LogP contribution in [-0.4, -0.2) is 33.4 Å². The summed E-state index contributed by atoms with van der Waals surface area (Å²) >= 11 is 7.34. The summed E-state index contributed by atoms with van der Waals surface area (Å²) in [5, 5.41) is 2.20. The highest BCUT2D eigenvalue weighted by Crippen LogP contribution is 2.32. The Morgan fingerprint density at radius 1 is 1.17 bits per heavy atom. The van der Waals surface area contributed by atoms with Gasteiger partial charge in [0.2, 0.25) is 5.91 Å². The van der Waals surface area contributed by atoms with E-state index in [4.69, 9.17) is 15.9 Å². The molecule has 188 valence electrons. The lowest BCUT2D eigenvalue weighted by Gasteiger charge is -2.27. The molecule has 1 aromatic heterocycles. The number of fused-ring (bicyclic) bond motifs is 1. The fourth-order valence-corrected chi connectivity index (χ4v) is 6.12. The van der Waals surface area contributed by atoms with Gasteiger partial charge >= 0.3 is 6.03 Å². The lowest BCUT2D eigenvalue weighted by atomic mass is 9.98. The Morgan fingerprint density at radius 3 is 2.61 bits per heavy atom. The highest BCUT2D eigenvalue weighted by atomic mass is 35.5. The minimum atomic E-state index is -4.18. The maximum absolute atomic E-state index is 15.0. The van der Waals surface area contributed by atoms with E-state index in [0.29, 0.717) is 15.4 Å². The van der Waals surface area contributed by atoms with Gasteiger partial charge in [-0.15, -0.1) is 11.3 Å². The van der Waals surface area contributed by atoms with Gasteiger partial charge in [-0.2, -0.15) is 4.33 Å². The molecule has 4 amide bonds. The standard InChI is InChI=1S/C21H15ClFN3O7S3/c1-32-33-35-13-4-2-11-8-18(27)26(20(28)14(11)10-13)16-5-3-12(9-15(16)23)24-21(29)25-36(30,31)19-7-6-17(22)34-19/h2-7,9-10H,8H2,1H3,(H2,24,25,29). The van der Waals surface area contributed by atoms with Crippen LogP contribution in [0, 0.1) is 5.82 Å². The number of urea groups is 1. The van der Waals surface area contributed by atoms with Gasteiger partial charge < -0.3 is 5.32 Å². The van der Waals surface area contributed by atoms with Gasteiger partial charge in [0, 0.05) is 16.1 Å². The average molecular weight is 572 g/mol. The van der Waals surface area contributed by atoms with Crippen LogP contribution in [0.1, 0.15) is 15.9 Å². The second kappa shape index (κ2) is 10.5. The molecular formula is C21H15ClFN3O7S3. The molecule has 15 heteroatoms. The third-order valence-corrected chi connectivity index (χ3v) is 8.50. The normalized spacial score (nSPS) is 13.5. The van der Waals surface area contributed by atoms with Crippen molar-refractivity contribution in [1.29, 1.82) is 0 Å². The minimum Gasteiger partial charge on any atom is -0.307 e. The first-order valence-corrected chi connectivity index (χ1v) is 13.3. The summed E-state index contributed by atoms with van der Waals surface area (Å²) in [6.45, 7) is 0. The summed E-state index contributed by atoms with van der Waals surface area (Å²) in [5.74, 6) is -2.36. The van der Waals surface area contributed by atoms with Gasteiger partial charge in [-0.05, 0) is 48.0 Å². The molecule has 2 aromatic carbocycles. The van der Waals surface area contributed by atoms with Crippen molar-refractivity contribution < 1.29 is 36.4 Å². The first-order valence-electron chi connectivity index (χ1n) is 9.85. The van der Waals surface area contributed by atoms with Gasteiger partial charge in [0.25, 0.3) is 15.9 Å². The van der Waals surface area contributed by atoms with Crippen molar-refractivity contribution in [2.45, 2.75) is 15.5 Å². The van der Waals surface area contributed by atoms with Crippen molar-refractivity contribution >= 4 is 74.2 Å². The molecule has 0 unspecified atom stereocenters. The van der Waals surface area contributed by atoms with Crippen LogP contribution >= 0.6 is 35.0 Å². The minimum absolute atomic E-state index is 0.110. The summed E-state index contributed by atoms with van der Waals surface area (Å²) in [6.07, 6.45) is -0.135. The Bertz CT molecular complexity index is 1480. The number of hydrogen-bond acceptors (Lipinski definition) is 9. The maximum Gasteiger partial charge on any atom is 0.333 e. The van der Waals surface area contributed by atoms with E-state index in [1.54, 1.807) is 16.9 Å². The molecule has 10 nitrogen and oxygen atoms in total. The van der Waals surface area contributed by atoms with Gasteiger partial charge in [-0.25, -0.2) is 32.1 Å². The summed E-state index contributed by atoms with van der Waals surface area (Å²) in [7, 11) is -2.86. The van der Waals surface area contributed by atoms with Crippen molar-refractivity contribution in [2.24, 2.45) is 0 Å². The van der Waals surface area contributed by atoms with E-state index in [-0.39, 0.29) is 31.9 Å². The first kappa shape index (κ1) is 26.1. The monoisotopic (exact) mass is 571 g/mol. The molecule has 2 heterocycles. The zero-order valence-electron chi connectivity index (χ0n) is 18.1. The number of thiophene rings is 1. The van der Waals surface area contributed by atoms with Crippen LogP contribution in [0.4, 0.5) is 20.6 Å². The molecule has 4 rings (SSSR count). The summed E-state index contributed by atoms with van der Waals surface area (Å²) in [5.41, 5.74) is 0.236. The molecule has 0 saturated heterocycles. The van der Waals surface area contributed by atoms with E-state index in [9.17, 15) is 27.2 Å². The fourth-order valence-electron chi connectivity index (χ4n) is 3.29. The van der Waals surface area contributed by atoms with Gasteiger partial charge in [0.05, 0.1) is 35.6 Å². The van der Waals surface area contributed by atoms with E-state index in [1.165, 1.54) is 31.4 Å². The highest BCUT2D eigenvalue weighted by Gasteiger charge is 2.34. The largest absolute Gasteiger partial charge is 0.333 e. The molecule has 36 heavy (non-hydrogen) atoms.